The number of hydrogen-bond donors (Lipinski definition) is 2. The van der Waals surface area contributed by atoms with Crippen LogP contribution in [0, 0.1) is 5.92 Å². The van der Waals surface area contributed by atoms with Crippen LogP contribution in [0.2, 0.25) is 0 Å². The highest BCUT2D eigenvalue weighted by Gasteiger charge is 2.23. The number of nitrogens with one attached hydrogen (secondary N) is 2. The second kappa shape index (κ2) is 10.9. The Morgan fingerprint density at radius 1 is 1.03 bits per heavy atom. The summed E-state index contributed by atoms with van der Waals surface area (Å²) in [5.41, 5.74) is 2.62. The topological polar surface area (TPSA) is 70.7 Å². The van der Waals surface area contributed by atoms with Crippen molar-refractivity contribution in [2.75, 3.05) is 31.6 Å². The van der Waals surface area contributed by atoms with Gasteiger partial charge in [-0.05, 0) is 29.2 Å². The van der Waals surface area contributed by atoms with Gasteiger partial charge in [0.15, 0.2) is 0 Å². The van der Waals surface area contributed by atoms with E-state index in [0.29, 0.717) is 6.42 Å². The molecule has 6 heteroatoms. The lowest BCUT2D eigenvalue weighted by Gasteiger charge is -2.26. The molecule has 1 atom stereocenters. The predicted octanol–water partition coefficient (Wildman–Crippen LogP) is 3.36. The SMILES string of the molecule is CC(C)CC(=O)NC(C(=O)Nc1cccc(CN2CCOCC2)c1)c1ccccc1. The molecule has 0 radical (unpaired) electrons. The van der Waals surface area contributed by atoms with Crippen LogP contribution in [-0.4, -0.2) is 43.0 Å². The lowest BCUT2D eigenvalue weighted by molar-refractivity contribution is -0.127. The zero-order valence-electron chi connectivity index (χ0n) is 17.8. The highest BCUT2D eigenvalue weighted by molar-refractivity contribution is 5.97. The molecule has 2 N–H and O–H groups in total. The second-order valence-electron chi connectivity index (χ2n) is 8.09. The largest absolute Gasteiger partial charge is 0.379 e. The summed E-state index contributed by atoms with van der Waals surface area (Å²) in [5, 5.41) is 5.87. The van der Waals surface area contributed by atoms with Gasteiger partial charge in [-0.3, -0.25) is 14.5 Å². The van der Waals surface area contributed by atoms with Crippen LogP contribution in [0.3, 0.4) is 0 Å². The van der Waals surface area contributed by atoms with Gasteiger partial charge >= 0.3 is 0 Å². The third kappa shape index (κ3) is 6.68. The van der Waals surface area contributed by atoms with E-state index in [4.69, 9.17) is 4.74 Å². The molecule has 0 saturated carbocycles. The average molecular weight is 410 g/mol. The number of ether oxygens (including phenoxy) is 1. The zero-order chi connectivity index (χ0) is 21.3. The van der Waals surface area contributed by atoms with E-state index < -0.39 is 6.04 Å². The fraction of sp³-hybridized carbons (Fsp3) is 0.417. The van der Waals surface area contributed by atoms with Crippen molar-refractivity contribution in [2.45, 2.75) is 32.9 Å². The maximum atomic E-state index is 13.1. The molecule has 0 aliphatic carbocycles. The Labute approximate surface area is 178 Å². The van der Waals surface area contributed by atoms with Crippen LogP contribution in [0.1, 0.15) is 37.4 Å². The number of anilines is 1. The standard InChI is InChI=1S/C24H31N3O3/c1-18(2)15-22(28)26-23(20-8-4-3-5-9-20)24(29)25-21-10-6-7-19(16-21)17-27-11-13-30-14-12-27/h3-10,16,18,23H,11-15,17H2,1-2H3,(H,25,29)(H,26,28). The molecule has 30 heavy (non-hydrogen) atoms. The van der Waals surface area contributed by atoms with Crippen LogP contribution in [-0.2, 0) is 20.9 Å². The van der Waals surface area contributed by atoms with Crippen molar-refractivity contribution in [1.82, 2.24) is 10.2 Å². The molecule has 1 unspecified atom stereocenters. The third-order valence-electron chi connectivity index (χ3n) is 5.00. The zero-order valence-corrected chi connectivity index (χ0v) is 17.8. The summed E-state index contributed by atoms with van der Waals surface area (Å²) in [4.78, 5) is 27.8. The Kier molecular flexibility index (Phi) is 7.99. The fourth-order valence-corrected chi connectivity index (χ4v) is 3.52. The Bertz CT molecular complexity index is 833. The molecule has 1 aliphatic heterocycles. The molecular formula is C24H31N3O3. The first-order chi connectivity index (χ1) is 14.5. The number of rotatable bonds is 8. The first kappa shape index (κ1) is 22.0. The minimum absolute atomic E-state index is 0.130. The molecule has 2 aromatic carbocycles. The molecule has 3 rings (SSSR count). The van der Waals surface area contributed by atoms with Gasteiger partial charge in [0.1, 0.15) is 6.04 Å². The van der Waals surface area contributed by atoms with Crippen molar-refractivity contribution in [3.05, 3.63) is 65.7 Å². The molecule has 1 fully saturated rings. The monoisotopic (exact) mass is 409 g/mol. The molecule has 1 aliphatic rings. The first-order valence-electron chi connectivity index (χ1n) is 10.6. The van der Waals surface area contributed by atoms with Crippen LogP contribution in [0.4, 0.5) is 5.69 Å². The summed E-state index contributed by atoms with van der Waals surface area (Å²) >= 11 is 0. The van der Waals surface area contributed by atoms with Crippen molar-refractivity contribution >= 4 is 17.5 Å². The quantitative estimate of drug-likeness (QED) is 0.701. The molecule has 6 nitrogen and oxygen atoms in total. The summed E-state index contributed by atoms with van der Waals surface area (Å²) in [6, 6.07) is 16.5. The number of benzene rings is 2. The van der Waals surface area contributed by atoms with Crippen molar-refractivity contribution in [2.24, 2.45) is 5.92 Å². The average Bonchev–Trinajstić information content (AvgIpc) is 2.73. The van der Waals surface area contributed by atoms with E-state index in [9.17, 15) is 9.59 Å². The molecular weight excluding hydrogens is 378 g/mol. The van der Waals surface area contributed by atoms with Crippen LogP contribution in [0.5, 0.6) is 0 Å². The molecule has 0 aromatic heterocycles. The lowest BCUT2D eigenvalue weighted by Crippen LogP contribution is -2.37. The summed E-state index contributed by atoms with van der Waals surface area (Å²) in [7, 11) is 0. The normalized spacial score (nSPS) is 15.6. The van der Waals surface area contributed by atoms with Crippen molar-refractivity contribution in [3.8, 4) is 0 Å². The van der Waals surface area contributed by atoms with Gasteiger partial charge in [0, 0.05) is 31.7 Å². The van der Waals surface area contributed by atoms with Crippen LogP contribution in [0.25, 0.3) is 0 Å². The van der Waals surface area contributed by atoms with Gasteiger partial charge in [-0.2, -0.15) is 0 Å². The molecule has 2 aromatic rings. The summed E-state index contributed by atoms with van der Waals surface area (Å²) in [6.07, 6.45) is 0.381. The summed E-state index contributed by atoms with van der Waals surface area (Å²) < 4.78 is 5.40. The lowest BCUT2D eigenvalue weighted by atomic mass is 10.0. The van der Waals surface area contributed by atoms with E-state index in [0.717, 1.165) is 49.7 Å². The molecule has 0 spiro atoms. The van der Waals surface area contributed by atoms with Crippen LogP contribution in [0.15, 0.2) is 54.6 Å². The molecule has 160 valence electrons. The summed E-state index contributed by atoms with van der Waals surface area (Å²) in [5.74, 6) is -0.154. The fourth-order valence-electron chi connectivity index (χ4n) is 3.52. The van der Waals surface area contributed by atoms with E-state index in [2.05, 4.69) is 21.6 Å². The molecule has 1 saturated heterocycles. The van der Waals surface area contributed by atoms with Gasteiger partial charge in [0.05, 0.1) is 13.2 Å². The van der Waals surface area contributed by atoms with Crippen LogP contribution >= 0.6 is 0 Å². The maximum Gasteiger partial charge on any atom is 0.251 e. The van der Waals surface area contributed by atoms with Gasteiger partial charge < -0.3 is 15.4 Å². The third-order valence-corrected chi connectivity index (χ3v) is 5.00. The molecule has 0 bridgehead atoms. The van der Waals surface area contributed by atoms with Crippen molar-refractivity contribution in [1.29, 1.82) is 0 Å². The van der Waals surface area contributed by atoms with E-state index >= 15 is 0 Å². The van der Waals surface area contributed by atoms with Gasteiger partial charge in [0.2, 0.25) is 5.91 Å². The minimum atomic E-state index is -0.736. The minimum Gasteiger partial charge on any atom is -0.379 e. The van der Waals surface area contributed by atoms with Gasteiger partial charge in [-0.15, -0.1) is 0 Å². The van der Waals surface area contributed by atoms with Crippen LogP contribution < -0.4 is 10.6 Å². The number of morpholine rings is 1. The van der Waals surface area contributed by atoms with E-state index in [1.54, 1.807) is 0 Å². The van der Waals surface area contributed by atoms with E-state index in [1.165, 1.54) is 0 Å². The number of carbonyl (C=O) groups is 2. The number of carbonyl (C=O) groups excluding carboxylic acids is 2. The predicted molar refractivity (Wildman–Crippen MR) is 118 cm³/mol. The Hall–Kier alpha value is -2.70. The Balaban J connectivity index is 1.70. The second-order valence-corrected chi connectivity index (χ2v) is 8.09. The highest BCUT2D eigenvalue weighted by atomic mass is 16.5. The number of amides is 2. The van der Waals surface area contributed by atoms with Crippen molar-refractivity contribution < 1.29 is 14.3 Å². The highest BCUT2D eigenvalue weighted by Crippen LogP contribution is 2.19. The van der Waals surface area contributed by atoms with Crippen molar-refractivity contribution in [3.63, 3.8) is 0 Å². The van der Waals surface area contributed by atoms with Gasteiger partial charge in [-0.1, -0.05) is 56.3 Å². The first-order valence-corrected chi connectivity index (χ1v) is 10.6. The maximum absolute atomic E-state index is 13.1. The Morgan fingerprint density at radius 3 is 2.47 bits per heavy atom. The van der Waals surface area contributed by atoms with Gasteiger partial charge in [-0.25, -0.2) is 0 Å². The number of hydrogen-bond acceptors (Lipinski definition) is 4. The van der Waals surface area contributed by atoms with E-state index in [-0.39, 0.29) is 17.7 Å². The molecule has 2 amide bonds. The smallest absolute Gasteiger partial charge is 0.251 e. The molecule has 1 heterocycles. The number of nitrogens with zero attached hydrogens (tertiary/aromatic N) is 1. The van der Waals surface area contributed by atoms with E-state index in [1.807, 2.05) is 62.4 Å². The Morgan fingerprint density at radius 2 is 1.77 bits per heavy atom. The summed E-state index contributed by atoms with van der Waals surface area (Å²) in [6.45, 7) is 8.12. The van der Waals surface area contributed by atoms with Gasteiger partial charge in [0.25, 0.3) is 5.91 Å².